The van der Waals surface area contributed by atoms with E-state index in [4.69, 9.17) is 0 Å². The zero-order valence-corrected chi connectivity index (χ0v) is 7.39. The minimum absolute atomic E-state index is 0.291. The molecule has 72 valence electrons. The molecule has 0 saturated carbocycles. The summed E-state index contributed by atoms with van der Waals surface area (Å²) in [6.07, 6.45) is 0.734. The van der Waals surface area contributed by atoms with Crippen molar-refractivity contribution < 1.29 is 16.8 Å². The second kappa shape index (κ2) is 3.11. The Morgan fingerprint density at radius 1 is 0.923 bits per heavy atom. The molecule has 5 heteroatoms. The summed E-state index contributed by atoms with van der Waals surface area (Å²) in [5, 5.41) is 0. The van der Waals surface area contributed by atoms with Crippen LogP contribution in [0, 0.1) is 0 Å². The fraction of sp³-hybridized carbons (Fsp3) is 0. The van der Waals surface area contributed by atoms with Crippen molar-refractivity contribution in [2.24, 2.45) is 0 Å². The van der Waals surface area contributed by atoms with Crippen molar-refractivity contribution >= 4 is 13.9 Å². The normalized spacial score (nSPS) is 15.5. The van der Waals surface area contributed by atoms with E-state index in [-0.39, 0.29) is 5.82 Å². The number of halogens is 4. The quantitative estimate of drug-likeness (QED) is 0.488. The standard InChI is InChI=1S/C8H7F4P/c9-13(10,11,12)7-6-8-4-2-1-3-5-8/h1-7H/b7-6-. The third kappa shape index (κ3) is 4.63. The van der Waals surface area contributed by atoms with Gasteiger partial charge in [0, 0.05) is 0 Å². The van der Waals surface area contributed by atoms with E-state index in [9.17, 15) is 16.8 Å². The van der Waals surface area contributed by atoms with E-state index in [0.29, 0.717) is 5.56 Å². The van der Waals surface area contributed by atoms with Crippen molar-refractivity contribution in [3.05, 3.63) is 41.7 Å². The molecule has 0 radical (unpaired) electrons. The molecule has 0 aromatic heterocycles. The molecule has 0 atom stereocenters. The molecular weight excluding hydrogens is 203 g/mol. The van der Waals surface area contributed by atoms with Crippen LogP contribution in [0.1, 0.15) is 5.56 Å². The molecular formula is C8H7F4P. The third-order valence-corrected chi connectivity index (χ3v) is 1.89. The topological polar surface area (TPSA) is 0 Å². The van der Waals surface area contributed by atoms with Gasteiger partial charge in [-0.15, -0.1) is 0 Å². The molecule has 0 saturated heterocycles. The molecule has 1 aromatic carbocycles. The van der Waals surface area contributed by atoms with Gasteiger partial charge in [0.1, 0.15) is 0 Å². The second-order valence-corrected chi connectivity index (χ2v) is 4.35. The van der Waals surface area contributed by atoms with Crippen LogP contribution in [0.2, 0.25) is 0 Å². The summed E-state index contributed by atoms with van der Waals surface area (Å²) >= 11 is 0. The van der Waals surface area contributed by atoms with Gasteiger partial charge in [-0.2, -0.15) is 0 Å². The first-order valence-corrected chi connectivity index (χ1v) is 5.34. The molecule has 0 fully saturated rings. The first-order chi connectivity index (χ1) is 5.83. The molecule has 0 unspecified atom stereocenters. The molecule has 0 aliphatic carbocycles. The van der Waals surface area contributed by atoms with Crippen molar-refractivity contribution in [1.82, 2.24) is 0 Å². The summed E-state index contributed by atoms with van der Waals surface area (Å²) < 4.78 is 47.2. The third-order valence-electron chi connectivity index (χ3n) is 1.29. The van der Waals surface area contributed by atoms with Gasteiger partial charge in [-0.3, -0.25) is 0 Å². The number of benzene rings is 1. The van der Waals surface area contributed by atoms with E-state index in [0.717, 1.165) is 6.08 Å². The van der Waals surface area contributed by atoms with Crippen LogP contribution in [0.4, 0.5) is 16.8 Å². The van der Waals surface area contributed by atoms with Gasteiger partial charge in [0.25, 0.3) is 0 Å². The minimum atomic E-state index is -7.48. The van der Waals surface area contributed by atoms with E-state index < -0.39 is 7.85 Å². The molecule has 0 nitrogen and oxygen atoms in total. The number of rotatable bonds is 2. The summed E-state index contributed by atoms with van der Waals surface area (Å²) in [5.74, 6) is -0.291. The maximum atomic E-state index is 11.8. The van der Waals surface area contributed by atoms with Crippen LogP contribution in [0.25, 0.3) is 6.08 Å². The maximum absolute atomic E-state index is 11.8. The second-order valence-electron chi connectivity index (χ2n) is 2.50. The van der Waals surface area contributed by atoms with Crippen molar-refractivity contribution in [2.75, 3.05) is 0 Å². The van der Waals surface area contributed by atoms with Crippen LogP contribution in [0.3, 0.4) is 0 Å². The van der Waals surface area contributed by atoms with Crippen LogP contribution >= 0.6 is 7.85 Å². The molecule has 1 aromatic rings. The van der Waals surface area contributed by atoms with Crippen molar-refractivity contribution in [2.45, 2.75) is 0 Å². The van der Waals surface area contributed by atoms with E-state index in [1.807, 2.05) is 0 Å². The van der Waals surface area contributed by atoms with Gasteiger partial charge in [0.05, 0.1) is 0 Å². The van der Waals surface area contributed by atoms with E-state index in [1.54, 1.807) is 18.2 Å². The van der Waals surface area contributed by atoms with E-state index in [2.05, 4.69) is 0 Å². The fourth-order valence-corrected chi connectivity index (χ4v) is 1.16. The monoisotopic (exact) mass is 210 g/mol. The molecule has 0 N–H and O–H groups in total. The molecule has 0 aliphatic rings. The van der Waals surface area contributed by atoms with E-state index >= 15 is 0 Å². The first kappa shape index (κ1) is 10.2. The molecule has 13 heavy (non-hydrogen) atoms. The Hall–Kier alpha value is -0.890. The molecule has 0 bridgehead atoms. The molecule has 0 spiro atoms. The SMILES string of the molecule is FP(F)(F)(F)/C=C\c1ccccc1. The Kier molecular flexibility index (Phi) is 2.44. The van der Waals surface area contributed by atoms with Crippen molar-refractivity contribution in [3.8, 4) is 0 Å². The van der Waals surface area contributed by atoms with Crippen LogP contribution in [-0.2, 0) is 0 Å². The summed E-state index contributed by atoms with van der Waals surface area (Å²) in [5.41, 5.74) is 0.335. The zero-order chi connectivity index (χ0) is 9.97. The molecule has 0 heterocycles. The Balaban J connectivity index is 2.82. The predicted molar refractivity (Wildman–Crippen MR) is 46.8 cm³/mol. The molecule has 0 amide bonds. The number of hydrogen-bond donors (Lipinski definition) is 0. The van der Waals surface area contributed by atoms with Gasteiger partial charge in [0.2, 0.25) is 0 Å². The Labute approximate surface area is 73.3 Å². The van der Waals surface area contributed by atoms with Crippen LogP contribution in [-0.4, -0.2) is 0 Å². The van der Waals surface area contributed by atoms with Crippen LogP contribution in [0.15, 0.2) is 36.1 Å². The fourth-order valence-electron chi connectivity index (χ4n) is 0.763. The average molecular weight is 210 g/mol. The van der Waals surface area contributed by atoms with Crippen molar-refractivity contribution in [3.63, 3.8) is 0 Å². The predicted octanol–water partition coefficient (Wildman–Crippen LogP) is 4.75. The summed E-state index contributed by atoms with van der Waals surface area (Å²) in [4.78, 5) is 0. The summed E-state index contributed by atoms with van der Waals surface area (Å²) in [7, 11) is -7.48. The molecule has 1 rings (SSSR count). The van der Waals surface area contributed by atoms with Crippen LogP contribution < -0.4 is 0 Å². The van der Waals surface area contributed by atoms with Gasteiger partial charge in [-0.1, -0.05) is 0 Å². The Morgan fingerprint density at radius 2 is 1.46 bits per heavy atom. The Bertz CT molecular complexity index is 303. The summed E-state index contributed by atoms with van der Waals surface area (Å²) in [6.45, 7) is 0. The van der Waals surface area contributed by atoms with Crippen LogP contribution in [0.5, 0.6) is 0 Å². The average Bonchev–Trinajstić information content (AvgIpc) is 2.01. The number of hydrogen-bond acceptors (Lipinski definition) is 0. The van der Waals surface area contributed by atoms with Gasteiger partial charge in [-0.25, -0.2) is 0 Å². The Morgan fingerprint density at radius 3 is 1.92 bits per heavy atom. The van der Waals surface area contributed by atoms with Gasteiger partial charge in [-0.05, 0) is 0 Å². The van der Waals surface area contributed by atoms with Gasteiger partial charge >= 0.3 is 72.4 Å². The van der Waals surface area contributed by atoms with E-state index in [1.165, 1.54) is 12.1 Å². The van der Waals surface area contributed by atoms with Gasteiger partial charge in [0.15, 0.2) is 0 Å². The van der Waals surface area contributed by atoms with Gasteiger partial charge < -0.3 is 0 Å². The zero-order valence-electron chi connectivity index (χ0n) is 6.50. The first-order valence-electron chi connectivity index (χ1n) is 3.47. The van der Waals surface area contributed by atoms with Crippen molar-refractivity contribution in [1.29, 1.82) is 0 Å². The molecule has 0 aliphatic heterocycles. The summed E-state index contributed by atoms with van der Waals surface area (Å²) in [6, 6.07) is 7.79.